The van der Waals surface area contributed by atoms with Crippen LogP contribution in [0.25, 0.3) is 0 Å². The fraction of sp³-hybridized carbons (Fsp3) is 0.571. The van der Waals surface area contributed by atoms with E-state index in [1.54, 1.807) is 12.1 Å². The molecule has 1 rings (SSSR count). The Hall–Kier alpha value is -0.680. The third-order valence-corrected chi connectivity index (χ3v) is 7.39. The van der Waals surface area contributed by atoms with E-state index >= 15 is 0 Å². The van der Waals surface area contributed by atoms with Crippen LogP contribution in [0.15, 0.2) is 12.1 Å². The van der Waals surface area contributed by atoms with Gasteiger partial charge in [0, 0.05) is 0 Å². The molecule has 9 heteroatoms. The van der Waals surface area contributed by atoms with Crippen molar-refractivity contribution in [3.05, 3.63) is 28.8 Å². The van der Waals surface area contributed by atoms with Crippen LogP contribution in [-0.4, -0.2) is 30.1 Å². The zero-order valence-corrected chi connectivity index (χ0v) is 15.3. The molecule has 0 spiro atoms. The summed E-state index contributed by atoms with van der Waals surface area (Å²) >= 11 is 0. The molecule has 0 radical (unpaired) electrons. The van der Waals surface area contributed by atoms with Gasteiger partial charge in [-0.25, -0.2) is 0 Å². The van der Waals surface area contributed by atoms with Crippen LogP contribution in [0.1, 0.15) is 56.2 Å². The molecule has 0 aliphatic rings. The molecule has 0 unspecified atom stereocenters. The molecule has 0 saturated carbocycles. The average molecular weight is 366 g/mol. The monoisotopic (exact) mass is 366 g/mol. The van der Waals surface area contributed by atoms with Crippen LogP contribution < -0.4 is 0 Å². The Morgan fingerprint density at radius 2 is 1.22 bits per heavy atom. The van der Waals surface area contributed by atoms with Gasteiger partial charge in [0.2, 0.25) is 0 Å². The van der Waals surface area contributed by atoms with Gasteiger partial charge in [-0.05, 0) is 34.9 Å². The van der Waals surface area contributed by atoms with Crippen molar-refractivity contribution in [3.8, 4) is 5.75 Å². The van der Waals surface area contributed by atoms with Crippen molar-refractivity contribution >= 4 is 15.2 Å². The molecule has 0 heterocycles. The molecule has 0 aromatic heterocycles. The minimum absolute atomic E-state index is 0.0454. The third kappa shape index (κ3) is 5.15. The summed E-state index contributed by atoms with van der Waals surface area (Å²) in [6.45, 7) is 7.41. The quantitative estimate of drug-likeness (QED) is 0.489. The molecule has 7 nitrogen and oxygen atoms in total. The van der Waals surface area contributed by atoms with E-state index < -0.39 is 27.0 Å². The first-order chi connectivity index (χ1) is 10.2. The average Bonchev–Trinajstić information content (AvgIpc) is 2.33. The van der Waals surface area contributed by atoms with Gasteiger partial charge in [-0.15, -0.1) is 0 Å². The zero-order valence-electron chi connectivity index (χ0n) is 13.5. The van der Waals surface area contributed by atoms with Gasteiger partial charge in [0.1, 0.15) is 5.75 Å². The maximum absolute atomic E-state index is 11.4. The number of hydrogen-bond donors (Lipinski definition) is 5. The standard InChI is InChI=1S/C14H24O7P2/c1-8(2)11-5-10(6-12(9(3)4)14(11)15)7-13(22(16,17)18)23(19,20)21/h5-6,8-9,13,15H,7H2,1-4H3,(H2,16,17,18)(H2,19,20,21). The number of aromatic hydroxyl groups is 1. The Morgan fingerprint density at radius 1 is 0.870 bits per heavy atom. The molecule has 1 aromatic rings. The van der Waals surface area contributed by atoms with Crippen LogP contribution in [0, 0.1) is 0 Å². The van der Waals surface area contributed by atoms with Crippen molar-refractivity contribution in [1.29, 1.82) is 0 Å². The minimum atomic E-state index is -4.98. The molecular weight excluding hydrogens is 342 g/mol. The lowest BCUT2D eigenvalue weighted by Gasteiger charge is -2.22. The molecule has 0 fully saturated rings. The molecule has 0 bridgehead atoms. The van der Waals surface area contributed by atoms with Gasteiger partial charge >= 0.3 is 15.2 Å². The topological polar surface area (TPSA) is 135 Å². The number of phenols is 1. The van der Waals surface area contributed by atoms with E-state index in [1.807, 2.05) is 27.7 Å². The van der Waals surface area contributed by atoms with Gasteiger partial charge in [-0.1, -0.05) is 39.8 Å². The summed E-state index contributed by atoms with van der Waals surface area (Å²) in [5.74, 6) is 0.0229. The van der Waals surface area contributed by atoms with E-state index in [4.69, 9.17) is 0 Å². The van der Waals surface area contributed by atoms with Gasteiger partial charge in [0.05, 0.1) is 0 Å². The number of benzene rings is 1. The molecule has 132 valence electrons. The Kier molecular flexibility index (Phi) is 6.25. The number of phenolic OH excluding ortho intramolecular Hbond substituents is 1. The Morgan fingerprint density at radius 3 is 1.48 bits per heavy atom. The van der Waals surface area contributed by atoms with Crippen LogP contribution in [0.3, 0.4) is 0 Å². The van der Waals surface area contributed by atoms with E-state index in [0.717, 1.165) is 0 Å². The van der Waals surface area contributed by atoms with Gasteiger partial charge in [-0.2, -0.15) is 0 Å². The van der Waals surface area contributed by atoms with Gasteiger partial charge in [0.15, 0.2) is 5.40 Å². The van der Waals surface area contributed by atoms with Crippen molar-refractivity contribution in [1.82, 2.24) is 0 Å². The maximum Gasteiger partial charge on any atom is 0.341 e. The van der Waals surface area contributed by atoms with Crippen molar-refractivity contribution in [3.63, 3.8) is 0 Å². The lowest BCUT2D eigenvalue weighted by molar-refractivity contribution is 0.338. The first kappa shape index (κ1) is 20.4. The SMILES string of the molecule is CC(C)c1cc(CC(P(=O)(O)O)P(=O)(O)O)cc(C(C)C)c1O. The molecule has 0 amide bonds. The summed E-state index contributed by atoms with van der Waals surface area (Å²) in [7, 11) is -9.96. The summed E-state index contributed by atoms with van der Waals surface area (Å²) in [6, 6.07) is 3.09. The van der Waals surface area contributed by atoms with Crippen LogP contribution in [0.5, 0.6) is 5.75 Å². The maximum atomic E-state index is 11.4. The highest BCUT2D eigenvalue weighted by Gasteiger charge is 2.43. The molecule has 0 saturated heterocycles. The first-order valence-corrected chi connectivity index (χ1v) is 10.6. The first-order valence-electron chi connectivity index (χ1n) is 7.21. The fourth-order valence-corrected chi connectivity index (χ4v) is 4.85. The highest BCUT2D eigenvalue weighted by atomic mass is 31.2. The Bertz CT molecular complexity index is 606. The largest absolute Gasteiger partial charge is 0.507 e. The summed E-state index contributed by atoms with van der Waals surface area (Å²) < 4.78 is 22.9. The van der Waals surface area contributed by atoms with Crippen LogP contribution in [0.2, 0.25) is 0 Å². The highest BCUT2D eigenvalue weighted by Crippen LogP contribution is 2.61. The zero-order chi connectivity index (χ0) is 18.2. The molecule has 0 aliphatic heterocycles. The van der Waals surface area contributed by atoms with Crippen molar-refractivity contribution < 1.29 is 33.8 Å². The van der Waals surface area contributed by atoms with Crippen molar-refractivity contribution in [2.75, 3.05) is 0 Å². The smallest absolute Gasteiger partial charge is 0.341 e. The van der Waals surface area contributed by atoms with Gasteiger partial charge in [-0.3, -0.25) is 9.13 Å². The summed E-state index contributed by atoms with van der Waals surface area (Å²) in [5.41, 5.74) is 1.55. The van der Waals surface area contributed by atoms with Crippen molar-refractivity contribution in [2.45, 2.75) is 51.4 Å². The second kappa shape index (κ2) is 7.06. The van der Waals surface area contributed by atoms with Crippen LogP contribution >= 0.6 is 15.2 Å². The molecule has 0 aliphatic carbocycles. The second-order valence-electron chi connectivity index (χ2n) is 6.30. The van der Waals surface area contributed by atoms with Gasteiger partial charge in [0.25, 0.3) is 0 Å². The van der Waals surface area contributed by atoms with Crippen molar-refractivity contribution in [2.24, 2.45) is 0 Å². The number of rotatable bonds is 6. The molecular formula is C14H24O7P2. The minimum Gasteiger partial charge on any atom is -0.507 e. The molecule has 5 N–H and O–H groups in total. The van der Waals surface area contributed by atoms with Crippen LogP contribution in [0.4, 0.5) is 0 Å². The summed E-state index contributed by atoms with van der Waals surface area (Å²) in [4.78, 5) is 37.0. The highest BCUT2D eigenvalue weighted by molar-refractivity contribution is 7.70. The lowest BCUT2D eigenvalue weighted by atomic mass is 9.91. The predicted molar refractivity (Wildman–Crippen MR) is 87.9 cm³/mol. The van der Waals surface area contributed by atoms with E-state index in [1.165, 1.54) is 0 Å². The summed E-state index contributed by atoms with van der Waals surface area (Å²) in [6.07, 6.45) is -0.464. The predicted octanol–water partition coefficient (Wildman–Crippen LogP) is 2.86. The summed E-state index contributed by atoms with van der Waals surface area (Å²) in [5, 5.41) is 8.22. The Balaban J connectivity index is 3.43. The molecule has 23 heavy (non-hydrogen) atoms. The van der Waals surface area contributed by atoms with Crippen LogP contribution in [-0.2, 0) is 15.6 Å². The van der Waals surface area contributed by atoms with E-state index in [2.05, 4.69) is 0 Å². The van der Waals surface area contributed by atoms with Gasteiger partial charge < -0.3 is 24.7 Å². The van der Waals surface area contributed by atoms with E-state index in [0.29, 0.717) is 16.7 Å². The third-order valence-electron chi connectivity index (χ3n) is 3.67. The number of hydrogen-bond acceptors (Lipinski definition) is 3. The fourth-order valence-electron chi connectivity index (χ4n) is 2.39. The van der Waals surface area contributed by atoms with E-state index in [-0.39, 0.29) is 17.6 Å². The second-order valence-corrected chi connectivity index (χ2v) is 10.3. The lowest BCUT2D eigenvalue weighted by Crippen LogP contribution is -2.13. The normalized spacial score (nSPS) is 13.3. The molecule has 1 aromatic carbocycles. The van der Waals surface area contributed by atoms with E-state index in [9.17, 15) is 33.8 Å². The molecule has 0 atom stereocenters. The Labute approximate surface area is 135 Å².